The molecule has 0 aliphatic carbocycles. The van der Waals surface area contributed by atoms with Crippen molar-refractivity contribution in [3.63, 3.8) is 0 Å². The minimum atomic E-state index is -1.01. The SMILES string of the molecule is CC[C@H](NC(=O)[C@@H]1CCCN(C(=O)CCC2CCNCC2)C1)C(=O)O. The molecule has 0 saturated carbocycles. The van der Waals surface area contributed by atoms with Crippen LogP contribution >= 0.6 is 0 Å². The lowest BCUT2D eigenvalue weighted by molar-refractivity contribution is -0.144. The zero-order chi connectivity index (χ0) is 18.2. The molecule has 2 amide bonds. The van der Waals surface area contributed by atoms with E-state index in [4.69, 9.17) is 5.11 Å². The van der Waals surface area contributed by atoms with Crippen LogP contribution in [0.1, 0.15) is 51.9 Å². The highest BCUT2D eigenvalue weighted by molar-refractivity contribution is 5.85. The van der Waals surface area contributed by atoms with E-state index in [0.717, 1.165) is 38.8 Å². The lowest BCUT2D eigenvalue weighted by Crippen LogP contribution is -2.49. The smallest absolute Gasteiger partial charge is 0.326 e. The predicted octanol–water partition coefficient (Wildman–Crippen LogP) is 0.984. The molecule has 2 rings (SSSR count). The van der Waals surface area contributed by atoms with E-state index >= 15 is 0 Å². The maximum absolute atomic E-state index is 12.5. The second kappa shape index (κ2) is 9.75. The number of carbonyl (C=O) groups is 3. The Morgan fingerprint density at radius 3 is 2.60 bits per heavy atom. The quantitative estimate of drug-likeness (QED) is 0.634. The van der Waals surface area contributed by atoms with Crippen LogP contribution in [-0.4, -0.2) is 60.0 Å². The number of hydrogen-bond donors (Lipinski definition) is 3. The van der Waals surface area contributed by atoms with E-state index in [2.05, 4.69) is 10.6 Å². The highest BCUT2D eigenvalue weighted by Crippen LogP contribution is 2.21. The van der Waals surface area contributed by atoms with Gasteiger partial charge < -0.3 is 20.6 Å². The molecule has 0 radical (unpaired) electrons. The Kier molecular flexibility index (Phi) is 7.68. The van der Waals surface area contributed by atoms with E-state index in [1.54, 1.807) is 11.8 Å². The molecule has 25 heavy (non-hydrogen) atoms. The fraction of sp³-hybridized carbons (Fsp3) is 0.833. The Labute approximate surface area is 149 Å². The van der Waals surface area contributed by atoms with Gasteiger partial charge in [-0.2, -0.15) is 0 Å². The highest BCUT2D eigenvalue weighted by atomic mass is 16.4. The van der Waals surface area contributed by atoms with Crippen molar-refractivity contribution in [1.29, 1.82) is 0 Å². The summed E-state index contributed by atoms with van der Waals surface area (Å²) >= 11 is 0. The number of aliphatic carboxylic acids is 1. The van der Waals surface area contributed by atoms with Gasteiger partial charge in [0.1, 0.15) is 6.04 Å². The van der Waals surface area contributed by atoms with E-state index in [1.165, 1.54) is 0 Å². The number of rotatable bonds is 7. The summed E-state index contributed by atoms with van der Waals surface area (Å²) in [5, 5.41) is 15.0. The Morgan fingerprint density at radius 2 is 1.96 bits per heavy atom. The van der Waals surface area contributed by atoms with E-state index in [1.807, 2.05) is 0 Å². The van der Waals surface area contributed by atoms with E-state index < -0.39 is 12.0 Å². The third kappa shape index (κ3) is 5.99. The summed E-state index contributed by atoms with van der Waals surface area (Å²) < 4.78 is 0. The number of nitrogens with one attached hydrogen (secondary N) is 2. The van der Waals surface area contributed by atoms with Gasteiger partial charge in [0, 0.05) is 19.5 Å². The maximum Gasteiger partial charge on any atom is 0.326 e. The van der Waals surface area contributed by atoms with Crippen LogP contribution in [0.4, 0.5) is 0 Å². The molecule has 0 aromatic rings. The van der Waals surface area contributed by atoms with Crippen molar-refractivity contribution < 1.29 is 19.5 Å². The number of hydrogen-bond acceptors (Lipinski definition) is 4. The first kappa shape index (κ1) is 19.7. The van der Waals surface area contributed by atoms with E-state index in [0.29, 0.717) is 38.3 Å². The third-order valence-corrected chi connectivity index (χ3v) is 5.39. The van der Waals surface area contributed by atoms with Crippen molar-refractivity contribution >= 4 is 17.8 Å². The number of carbonyl (C=O) groups excluding carboxylic acids is 2. The van der Waals surface area contributed by atoms with Crippen LogP contribution in [0.2, 0.25) is 0 Å². The zero-order valence-electron chi connectivity index (χ0n) is 15.1. The number of carboxylic acids is 1. The lowest BCUT2D eigenvalue weighted by atomic mass is 9.92. The summed E-state index contributed by atoms with van der Waals surface area (Å²) in [6, 6.07) is -0.849. The zero-order valence-corrected chi connectivity index (χ0v) is 15.1. The van der Waals surface area contributed by atoms with E-state index in [9.17, 15) is 14.4 Å². The van der Waals surface area contributed by atoms with E-state index in [-0.39, 0.29) is 17.7 Å². The van der Waals surface area contributed by atoms with Crippen LogP contribution < -0.4 is 10.6 Å². The van der Waals surface area contributed by atoms with Crippen LogP contribution in [0.5, 0.6) is 0 Å². The minimum absolute atomic E-state index is 0.126. The van der Waals surface area contributed by atoms with Gasteiger partial charge in [0.15, 0.2) is 0 Å². The van der Waals surface area contributed by atoms with Crippen LogP contribution in [0.25, 0.3) is 0 Å². The molecular formula is C18H31N3O4. The normalized spacial score (nSPS) is 23.1. The molecular weight excluding hydrogens is 322 g/mol. The molecule has 0 bridgehead atoms. The number of likely N-dealkylation sites (tertiary alicyclic amines) is 1. The Morgan fingerprint density at radius 1 is 1.24 bits per heavy atom. The number of nitrogens with zero attached hydrogens (tertiary/aromatic N) is 1. The van der Waals surface area contributed by atoms with Crippen molar-refractivity contribution in [2.75, 3.05) is 26.2 Å². The van der Waals surface area contributed by atoms with Crippen molar-refractivity contribution in [2.24, 2.45) is 11.8 Å². The average molecular weight is 353 g/mol. The van der Waals surface area contributed by atoms with Crippen molar-refractivity contribution in [3.05, 3.63) is 0 Å². The number of carboxylic acid groups (broad SMARTS) is 1. The molecule has 2 atom stereocenters. The van der Waals surface area contributed by atoms with Gasteiger partial charge in [-0.15, -0.1) is 0 Å². The van der Waals surface area contributed by atoms with Crippen molar-refractivity contribution in [1.82, 2.24) is 15.5 Å². The Hall–Kier alpha value is -1.63. The molecule has 7 heteroatoms. The summed E-state index contributed by atoms with van der Waals surface area (Å²) in [6.45, 7) is 4.91. The molecule has 0 spiro atoms. The van der Waals surface area contributed by atoms with Crippen LogP contribution in [0, 0.1) is 11.8 Å². The van der Waals surface area contributed by atoms with Gasteiger partial charge >= 0.3 is 5.97 Å². The molecule has 2 heterocycles. The molecule has 0 unspecified atom stereocenters. The molecule has 7 nitrogen and oxygen atoms in total. The molecule has 2 saturated heterocycles. The second-order valence-electron chi connectivity index (χ2n) is 7.22. The predicted molar refractivity (Wildman–Crippen MR) is 94.0 cm³/mol. The fourth-order valence-electron chi connectivity index (χ4n) is 3.70. The molecule has 0 aromatic carbocycles. The molecule has 2 aliphatic rings. The number of piperidine rings is 2. The molecule has 2 aliphatic heterocycles. The summed E-state index contributed by atoms with van der Waals surface area (Å²) in [4.78, 5) is 37.7. The second-order valence-corrected chi connectivity index (χ2v) is 7.22. The summed E-state index contributed by atoms with van der Waals surface area (Å²) in [5.41, 5.74) is 0. The van der Waals surface area contributed by atoms with Gasteiger partial charge in [0.05, 0.1) is 5.92 Å². The van der Waals surface area contributed by atoms with Gasteiger partial charge in [-0.05, 0) is 57.5 Å². The first-order chi connectivity index (χ1) is 12.0. The minimum Gasteiger partial charge on any atom is -0.480 e. The van der Waals surface area contributed by atoms with Gasteiger partial charge in [-0.1, -0.05) is 6.92 Å². The first-order valence-corrected chi connectivity index (χ1v) is 9.53. The monoisotopic (exact) mass is 353 g/mol. The van der Waals surface area contributed by atoms with Crippen molar-refractivity contribution in [2.45, 2.75) is 57.9 Å². The largest absolute Gasteiger partial charge is 0.480 e. The van der Waals surface area contributed by atoms with Gasteiger partial charge in [-0.25, -0.2) is 4.79 Å². The van der Waals surface area contributed by atoms with Crippen LogP contribution in [-0.2, 0) is 14.4 Å². The molecule has 2 fully saturated rings. The van der Waals surface area contributed by atoms with Crippen LogP contribution in [0.15, 0.2) is 0 Å². The average Bonchev–Trinajstić information content (AvgIpc) is 2.64. The maximum atomic E-state index is 12.5. The fourth-order valence-corrected chi connectivity index (χ4v) is 3.70. The Balaban J connectivity index is 1.79. The van der Waals surface area contributed by atoms with Crippen molar-refractivity contribution in [3.8, 4) is 0 Å². The van der Waals surface area contributed by atoms with Gasteiger partial charge in [0.25, 0.3) is 0 Å². The van der Waals surface area contributed by atoms with Crippen LogP contribution in [0.3, 0.4) is 0 Å². The molecule has 0 aromatic heterocycles. The van der Waals surface area contributed by atoms with Gasteiger partial charge in [0.2, 0.25) is 11.8 Å². The summed E-state index contributed by atoms with van der Waals surface area (Å²) in [5.74, 6) is -0.812. The third-order valence-electron chi connectivity index (χ3n) is 5.39. The Bertz CT molecular complexity index is 477. The molecule has 3 N–H and O–H groups in total. The number of amides is 2. The first-order valence-electron chi connectivity index (χ1n) is 9.53. The lowest BCUT2D eigenvalue weighted by Gasteiger charge is -2.33. The topological polar surface area (TPSA) is 98.7 Å². The van der Waals surface area contributed by atoms with Gasteiger partial charge in [-0.3, -0.25) is 9.59 Å². The summed E-state index contributed by atoms with van der Waals surface area (Å²) in [7, 11) is 0. The summed E-state index contributed by atoms with van der Waals surface area (Å²) in [6.07, 6.45) is 5.59. The molecule has 142 valence electrons. The highest BCUT2D eigenvalue weighted by Gasteiger charge is 2.30. The standard InChI is InChI=1S/C18H31N3O4/c1-2-15(18(24)25)20-17(23)14-4-3-11-21(12-14)16(22)6-5-13-7-9-19-10-8-13/h13-15,19H,2-12H2,1H3,(H,20,23)(H,24,25)/t14-,15+/m1/s1.